The molecule has 0 radical (unpaired) electrons. The predicted octanol–water partition coefficient (Wildman–Crippen LogP) is 0.463. The largest absolute Gasteiger partial charge is 0.450 e. The number of hydrogen-bond donors (Lipinski definition) is 1. The van der Waals surface area contributed by atoms with Crippen molar-refractivity contribution < 1.29 is 14.3 Å². The van der Waals surface area contributed by atoms with Crippen LogP contribution in [0.1, 0.15) is 27.7 Å². The zero-order chi connectivity index (χ0) is 10.2. The fraction of sp³-hybridized carbons (Fsp3) is 0.778. The third-order valence-electron chi connectivity index (χ3n) is 2.08. The highest BCUT2D eigenvalue weighted by molar-refractivity contribution is 5.90. The molecule has 1 heterocycles. The van der Waals surface area contributed by atoms with E-state index in [9.17, 15) is 9.59 Å². The highest BCUT2D eigenvalue weighted by atomic mass is 16.6. The first-order valence-electron chi connectivity index (χ1n) is 4.30. The van der Waals surface area contributed by atoms with E-state index in [4.69, 9.17) is 4.74 Å². The van der Waals surface area contributed by atoms with Crippen molar-refractivity contribution in [1.29, 1.82) is 0 Å². The molecule has 4 nitrogen and oxygen atoms in total. The maximum Gasteiger partial charge on any atom is 0.303 e. The highest BCUT2D eigenvalue weighted by Crippen LogP contribution is 2.28. The summed E-state index contributed by atoms with van der Waals surface area (Å²) in [6.45, 7) is 7.29. The first kappa shape index (κ1) is 10.0. The van der Waals surface area contributed by atoms with Crippen LogP contribution in [0.5, 0.6) is 0 Å². The number of rotatable bonds is 1. The summed E-state index contributed by atoms with van der Waals surface area (Å²) in [5, 5.41) is 2.72. The van der Waals surface area contributed by atoms with Gasteiger partial charge in [0.05, 0.1) is 6.04 Å². The molecular formula is C9H15NO3. The predicted molar refractivity (Wildman–Crippen MR) is 46.9 cm³/mol. The summed E-state index contributed by atoms with van der Waals surface area (Å²) < 4.78 is 4.89. The van der Waals surface area contributed by atoms with E-state index in [1.54, 1.807) is 0 Å². The Balaban J connectivity index is 2.61. The fourth-order valence-corrected chi connectivity index (χ4v) is 1.34. The second-order valence-corrected chi connectivity index (χ2v) is 4.38. The van der Waals surface area contributed by atoms with Crippen LogP contribution >= 0.6 is 0 Å². The first-order valence-corrected chi connectivity index (χ1v) is 4.30. The first-order chi connectivity index (χ1) is 5.82. The Morgan fingerprint density at radius 1 is 1.46 bits per heavy atom. The number of carbonyl (C=O) groups is 2. The van der Waals surface area contributed by atoms with Gasteiger partial charge in [-0.05, 0) is 5.41 Å². The summed E-state index contributed by atoms with van der Waals surface area (Å²) in [4.78, 5) is 21.7. The van der Waals surface area contributed by atoms with Gasteiger partial charge in [-0.2, -0.15) is 0 Å². The van der Waals surface area contributed by atoms with Crippen LogP contribution in [-0.2, 0) is 14.3 Å². The smallest absolute Gasteiger partial charge is 0.303 e. The van der Waals surface area contributed by atoms with Gasteiger partial charge in [0.1, 0.15) is 0 Å². The Morgan fingerprint density at radius 2 is 2.00 bits per heavy atom. The summed E-state index contributed by atoms with van der Waals surface area (Å²) in [6, 6.07) is -0.0658. The highest BCUT2D eigenvalue weighted by Gasteiger charge is 2.48. The maximum absolute atomic E-state index is 11.0. The Morgan fingerprint density at radius 3 is 2.31 bits per heavy atom. The molecule has 0 aromatic rings. The van der Waals surface area contributed by atoms with Crippen molar-refractivity contribution >= 4 is 11.9 Å². The van der Waals surface area contributed by atoms with E-state index >= 15 is 0 Å². The van der Waals surface area contributed by atoms with E-state index in [0.717, 1.165) is 0 Å². The quantitative estimate of drug-likeness (QED) is 0.477. The van der Waals surface area contributed by atoms with Gasteiger partial charge < -0.3 is 10.1 Å². The van der Waals surface area contributed by atoms with Gasteiger partial charge >= 0.3 is 5.97 Å². The SMILES string of the molecule is CC(=O)OC1C(=O)NC1C(C)(C)C. The van der Waals surface area contributed by atoms with E-state index in [2.05, 4.69) is 5.32 Å². The van der Waals surface area contributed by atoms with Gasteiger partial charge in [0.25, 0.3) is 5.91 Å². The molecule has 1 saturated heterocycles. The van der Waals surface area contributed by atoms with Crippen molar-refractivity contribution in [3.8, 4) is 0 Å². The van der Waals surface area contributed by atoms with Crippen LogP contribution in [0.2, 0.25) is 0 Å². The monoisotopic (exact) mass is 185 g/mol. The molecule has 74 valence electrons. The summed E-state index contributed by atoms with van der Waals surface area (Å²) in [7, 11) is 0. The van der Waals surface area contributed by atoms with Gasteiger partial charge in [-0.25, -0.2) is 0 Å². The third kappa shape index (κ3) is 1.99. The van der Waals surface area contributed by atoms with Gasteiger partial charge in [0.2, 0.25) is 6.10 Å². The number of carbonyl (C=O) groups excluding carboxylic acids is 2. The molecule has 0 aromatic heterocycles. The van der Waals surface area contributed by atoms with Crippen molar-refractivity contribution in [2.75, 3.05) is 0 Å². The van der Waals surface area contributed by atoms with E-state index in [0.29, 0.717) is 0 Å². The molecule has 1 rings (SSSR count). The van der Waals surface area contributed by atoms with Gasteiger partial charge in [-0.15, -0.1) is 0 Å². The molecule has 13 heavy (non-hydrogen) atoms. The fourth-order valence-electron chi connectivity index (χ4n) is 1.34. The summed E-state index contributed by atoms with van der Waals surface area (Å²) in [5.41, 5.74) is -0.0754. The molecule has 2 unspecified atom stereocenters. The molecule has 1 aliphatic rings. The molecule has 0 aliphatic carbocycles. The molecule has 1 fully saturated rings. The maximum atomic E-state index is 11.0. The summed E-state index contributed by atoms with van der Waals surface area (Å²) in [6.07, 6.45) is -0.600. The number of amides is 1. The number of nitrogens with one attached hydrogen (secondary N) is 1. The lowest BCUT2D eigenvalue weighted by atomic mass is 9.78. The molecule has 1 amide bonds. The summed E-state index contributed by atoms with van der Waals surface area (Å²) >= 11 is 0. The average molecular weight is 185 g/mol. The minimum absolute atomic E-state index is 0.0658. The van der Waals surface area contributed by atoms with Crippen molar-refractivity contribution in [1.82, 2.24) is 5.32 Å². The van der Waals surface area contributed by atoms with Gasteiger partial charge in [-0.3, -0.25) is 9.59 Å². The zero-order valence-electron chi connectivity index (χ0n) is 8.38. The van der Waals surface area contributed by atoms with Gasteiger partial charge in [0, 0.05) is 6.92 Å². The van der Waals surface area contributed by atoms with Crippen molar-refractivity contribution in [2.45, 2.75) is 39.8 Å². The Kier molecular flexibility index (Phi) is 2.32. The molecule has 0 spiro atoms. The van der Waals surface area contributed by atoms with Gasteiger partial charge in [-0.1, -0.05) is 20.8 Å². The van der Waals surface area contributed by atoms with Crippen molar-refractivity contribution in [2.24, 2.45) is 5.41 Å². The molecule has 0 aromatic carbocycles. The summed E-state index contributed by atoms with van der Waals surface area (Å²) in [5.74, 6) is -0.607. The van der Waals surface area contributed by atoms with Crippen LogP contribution in [-0.4, -0.2) is 24.0 Å². The Hall–Kier alpha value is -1.06. The standard InChI is InChI=1S/C9H15NO3/c1-5(11)13-6-7(9(2,3)4)10-8(6)12/h6-7H,1-4H3,(H,10,12). The lowest BCUT2D eigenvalue weighted by molar-refractivity contribution is -0.168. The molecule has 1 N–H and O–H groups in total. The lowest BCUT2D eigenvalue weighted by Gasteiger charge is -2.43. The van der Waals surface area contributed by atoms with Crippen LogP contribution < -0.4 is 5.32 Å². The number of β-lactam (4-membered cyclic amide) rings is 1. The molecular weight excluding hydrogens is 170 g/mol. The molecule has 0 saturated carbocycles. The topological polar surface area (TPSA) is 55.4 Å². The average Bonchev–Trinajstić information content (AvgIpc) is 1.93. The Bertz CT molecular complexity index is 242. The van der Waals surface area contributed by atoms with Crippen LogP contribution in [0.15, 0.2) is 0 Å². The molecule has 1 aliphatic heterocycles. The molecule has 2 atom stereocenters. The van der Waals surface area contributed by atoms with E-state index in [1.165, 1.54) is 6.92 Å². The number of hydrogen-bond acceptors (Lipinski definition) is 3. The molecule has 4 heteroatoms. The second-order valence-electron chi connectivity index (χ2n) is 4.38. The van der Waals surface area contributed by atoms with E-state index in [1.807, 2.05) is 20.8 Å². The lowest BCUT2D eigenvalue weighted by Crippen LogP contribution is -2.68. The Labute approximate surface area is 77.6 Å². The minimum atomic E-state index is -0.600. The van der Waals surface area contributed by atoms with E-state index < -0.39 is 12.1 Å². The molecule has 0 bridgehead atoms. The van der Waals surface area contributed by atoms with Crippen molar-refractivity contribution in [3.63, 3.8) is 0 Å². The number of ether oxygens (including phenoxy) is 1. The normalized spacial score (nSPS) is 27.5. The third-order valence-corrected chi connectivity index (χ3v) is 2.08. The van der Waals surface area contributed by atoms with Crippen LogP contribution in [0.25, 0.3) is 0 Å². The minimum Gasteiger partial charge on any atom is -0.450 e. The van der Waals surface area contributed by atoms with Crippen LogP contribution in [0, 0.1) is 5.41 Å². The zero-order valence-corrected chi connectivity index (χ0v) is 8.38. The van der Waals surface area contributed by atoms with Crippen LogP contribution in [0.4, 0.5) is 0 Å². The van der Waals surface area contributed by atoms with Crippen LogP contribution in [0.3, 0.4) is 0 Å². The second kappa shape index (κ2) is 3.01. The number of esters is 1. The van der Waals surface area contributed by atoms with Crippen molar-refractivity contribution in [3.05, 3.63) is 0 Å². The van der Waals surface area contributed by atoms with E-state index in [-0.39, 0.29) is 17.4 Å². The van der Waals surface area contributed by atoms with Gasteiger partial charge in [0.15, 0.2) is 0 Å².